The summed E-state index contributed by atoms with van der Waals surface area (Å²) in [5, 5.41) is 7.72. The summed E-state index contributed by atoms with van der Waals surface area (Å²) in [4.78, 5) is 23.5. The van der Waals surface area contributed by atoms with Gasteiger partial charge in [-0.1, -0.05) is 58.9 Å². The van der Waals surface area contributed by atoms with E-state index in [2.05, 4.69) is 74.8 Å². The Morgan fingerprint density at radius 3 is 1.86 bits per heavy atom. The van der Waals surface area contributed by atoms with Crippen molar-refractivity contribution in [2.75, 3.05) is 17.2 Å². The lowest BCUT2D eigenvalue weighted by Crippen LogP contribution is -2.88. The second-order valence-corrected chi connectivity index (χ2v) is 8.89. The molecular formula is C24H34N3O2+. The van der Waals surface area contributed by atoms with Crippen LogP contribution in [0.3, 0.4) is 0 Å². The van der Waals surface area contributed by atoms with Crippen molar-refractivity contribution < 1.29 is 14.9 Å². The van der Waals surface area contributed by atoms with Crippen molar-refractivity contribution in [2.45, 2.75) is 53.0 Å². The van der Waals surface area contributed by atoms with E-state index >= 15 is 0 Å². The lowest BCUT2D eigenvalue weighted by atomic mass is 9.85. The summed E-state index contributed by atoms with van der Waals surface area (Å²) >= 11 is 0. The molecule has 1 atom stereocenters. The minimum atomic E-state index is -0.119. The Morgan fingerprint density at radius 1 is 0.897 bits per heavy atom. The monoisotopic (exact) mass is 396 g/mol. The van der Waals surface area contributed by atoms with E-state index in [9.17, 15) is 9.59 Å². The lowest BCUT2D eigenvalue weighted by Gasteiger charge is -2.22. The van der Waals surface area contributed by atoms with Gasteiger partial charge in [0.15, 0.2) is 6.54 Å². The molecule has 0 radical (unpaired) electrons. The topological polar surface area (TPSA) is 74.8 Å². The molecule has 0 saturated carbocycles. The molecule has 0 aliphatic heterocycles. The molecule has 29 heavy (non-hydrogen) atoms. The Morgan fingerprint density at radius 2 is 1.41 bits per heavy atom. The number of amides is 2. The molecule has 0 aliphatic rings. The van der Waals surface area contributed by atoms with Crippen LogP contribution in [0.1, 0.15) is 58.7 Å². The molecule has 156 valence electrons. The van der Waals surface area contributed by atoms with Crippen molar-refractivity contribution in [1.29, 1.82) is 0 Å². The van der Waals surface area contributed by atoms with Crippen LogP contribution in [-0.2, 0) is 15.0 Å². The van der Waals surface area contributed by atoms with Crippen molar-refractivity contribution in [1.82, 2.24) is 0 Å². The first kappa shape index (κ1) is 22.6. The lowest BCUT2D eigenvalue weighted by molar-refractivity contribution is -0.692. The SMILES string of the molecule is CC(=O)Nc1ccc(NC(=O)C[NH2+][C@@H](c2ccc(C(C)(C)C)cc2)C(C)C)cc1. The Hall–Kier alpha value is -2.66. The maximum absolute atomic E-state index is 12.4. The molecule has 4 N–H and O–H groups in total. The van der Waals surface area contributed by atoms with Gasteiger partial charge in [-0.25, -0.2) is 0 Å². The zero-order valence-corrected chi connectivity index (χ0v) is 18.4. The normalized spacial score (nSPS) is 12.5. The summed E-state index contributed by atoms with van der Waals surface area (Å²) in [5.41, 5.74) is 4.10. The van der Waals surface area contributed by atoms with E-state index in [0.29, 0.717) is 23.8 Å². The molecule has 2 rings (SSSR count). The molecule has 5 heteroatoms. The molecule has 2 aromatic rings. The van der Waals surface area contributed by atoms with Crippen LogP contribution in [0.5, 0.6) is 0 Å². The molecule has 0 fully saturated rings. The van der Waals surface area contributed by atoms with E-state index in [1.54, 1.807) is 24.3 Å². The molecule has 0 aliphatic carbocycles. The summed E-state index contributed by atoms with van der Waals surface area (Å²) in [7, 11) is 0. The van der Waals surface area contributed by atoms with Gasteiger partial charge in [-0.15, -0.1) is 0 Å². The van der Waals surface area contributed by atoms with E-state index in [-0.39, 0.29) is 23.3 Å². The average molecular weight is 397 g/mol. The number of benzene rings is 2. The third-order valence-corrected chi connectivity index (χ3v) is 4.93. The Kier molecular flexibility index (Phi) is 7.57. The molecular weight excluding hydrogens is 362 g/mol. The van der Waals surface area contributed by atoms with Crippen LogP contribution in [0.2, 0.25) is 0 Å². The van der Waals surface area contributed by atoms with E-state index in [1.165, 1.54) is 18.1 Å². The van der Waals surface area contributed by atoms with Gasteiger partial charge >= 0.3 is 0 Å². The van der Waals surface area contributed by atoms with Gasteiger partial charge in [0.25, 0.3) is 5.91 Å². The first-order valence-corrected chi connectivity index (χ1v) is 10.2. The highest BCUT2D eigenvalue weighted by molar-refractivity contribution is 5.92. The first-order chi connectivity index (χ1) is 13.6. The number of hydrogen-bond acceptors (Lipinski definition) is 2. The van der Waals surface area contributed by atoms with E-state index in [0.717, 1.165) is 0 Å². The van der Waals surface area contributed by atoms with Gasteiger partial charge < -0.3 is 16.0 Å². The summed E-state index contributed by atoms with van der Waals surface area (Å²) in [5.74, 6) is 0.237. The molecule has 0 saturated heterocycles. The molecule has 0 aromatic heterocycles. The molecule has 5 nitrogen and oxygen atoms in total. The number of rotatable bonds is 7. The minimum absolute atomic E-state index is 0.0470. The maximum atomic E-state index is 12.4. The second kappa shape index (κ2) is 9.70. The van der Waals surface area contributed by atoms with Gasteiger partial charge in [-0.3, -0.25) is 9.59 Å². The third kappa shape index (κ3) is 7.02. The van der Waals surface area contributed by atoms with Gasteiger partial charge in [0.2, 0.25) is 5.91 Å². The summed E-state index contributed by atoms with van der Waals surface area (Å²) < 4.78 is 0. The van der Waals surface area contributed by atoms with E-state index in [1.807, 2.05) is 0 Å². The second-order valence-electron chi connectivity index (χ2n) is 8.89. The van der Waals surface area contributed by atoms with Crippen LogP contribution in [-0.4, -0.2) is 18.4 Å². The Bertz CT molecular complexity index is 819. The number of hydrogen-bond donors (Lipinski definition) is 3. The van der Waals surface area contributed by atoms with Crippen LogP contribution in [0.15, 0.2) is 48.5 Å². The zero-order chi connectivity index (χ0) is 21.6. The molecule has 2 amide bonds. The molecule has 0 unspecified atom stereocenters. The molecule has 0 bridgehead atoms. The first-order valence-electron chi connectivity index (χ1n) is 10.2. The Balaban J connectivity index is 1.96. The van der Waals surface area contributed by atoms with Crippen molar-refractivity contribution >= 4 is 23.2 Å². The fourth-order valence-electron chi connectivity index (χ4n) is 3.28. The summed E-state index contributed by atoms with van der Waals surface area (Å²) in [6, 6.07) is 16.1. The highest BCUT2D eigenvalue weighted by Gasteiger charge is 2.21. The van der Waals surface area contributed by atoms with Gasteiger partial charge in [0, 0.05) is 29.8 Å². The number of nitrogens with two attached hydrogens (primary N) is 1. The minimum Gasteiger partial charge on any atom is -0.332 e. The van der Waals surface area contributed by atoms with Crippen molar-refractivity contribution in [2.24, 2.45) is 5.92 Å². The number of carbonyl (C=O) groups is 2. The van der Waals surface area contributed by atoms with Crippen molar-refractivity contribution in [3.8, 4) is 0 Å². The summed E-state index contributed by atoms with van der Waals surface area (Å²) in [6.07, 6.45) is 0. The molecule has 2 aromatic carbocycles. The maximum Gasteiger partial charge on any atom is 0.279 e. The fraction of sp³-hybridized carbons (Fsp3) is 0.417. The number of anilines is 2. The third-order valence-electron chi connectivity index (χ3n) is 4.93. The van der Waals surface area contributed by atoms with Gasteiger partial charge in [0.1, 0.15) is 6.04 Å². The predicted octanol–water partition coefficient (Wildman–Crippen LogP) is 3.84. The number of quaternary nitrogens is 1. The average Bonchev–Trinajstić information content (AvgIpc) is 2.62. The fourth-order valence-corrected chi connectivity index (χ4v) is 3.28. The quantitative estimate of drug-likeness (QED) is 0.665. The van der Waals surface area contributed by atoms with Gasteiger partial charge in [0.05, 0.1) is 0 Å². The molecule has 0 spiro atoms. The predicted molar refractivity (Wildman–Crippen MR) is 119 cm³/mol. The summed E-state index contributed by atoms with van der Waals surface area (Å²) in [6.45, 7) is 12.8. The van der Waals surface area contributed by atoms with Gasteiger partial charge in [-0.05, 0) is 35.2 Å². The van der Waals surface area contributed by atoms with E-state index in [4.69, 9.17) is 0 Å². The Labute approximate surface area is 174 Å². The standard InChI is InChI=1S/C24H33N3O2/c1-16(2)23(18-7-9-19(10-8-18)24(4,5)6)25-15-22(29)27-21-13-11-20(12-14-21)26-17(3)28/h7-14,16,23,25H,15H2,1-6H3,(H,26,28)(H,27,29)/p+1/t23-/m1/s1. The van der Waals surface area contributed by atoms with Crippen molar-refractivity contribution in [3.63, 3.8) is 0 Å². The smallest absolute Gasteiger partial charge is 0.279 e. The highest BCUT2D eigenvalue weighted by Crippen LogP contribution is 2.25. The van der Waals surface area contributed by atoms with Gasteiger partial charge in [-0.2, -0.15) is 0 Å². The van der Waals surface area contributed by atoms with Crippen LogP contribution < -0.4 is 16.0 Å². The largest absolute Gasteiger partial charge is 0.332 e. The van der Waals surface area contributed by atoms with Crippen molar-refractivity contribution in [3.05, 3.63) is 59.7 Å². The van der Waals surface area contributed by atoms with Crippen LogP contribution in [0.4, 0.5) is 11.4 Å². The van der Waals surface area contributed by atoms with Crippen LogP contribution in [0.25, 0.3) is 0 Å². The van der Waals surface area contributed by atoms with E-state index < -0.39 is 0 Å². The number of nitrogens with one attached hydrogen (secondary N) is 2. The molecule has 0 heterocycles. The highest BCUT2D eigenvalue weighted by atomic mass is 16.2. The number of carbonyl (C=O) groups excluding carboxylic acids is 2. The van der Waals surface area contributed by atoms with Crippen LogP contribution >= 0.6 is 0 Å². The zero-order valence-electron chi connectivity index (χ0n) is 18.4. The van der Waals surface area contributed by atoms with Crippen LogP contribution in [0, 0.1) is 5.92 Å².